The molecule has 0 saturated carbocycles. The fraction of sp³-hybridized carbons (Fsp3) is 0. The van der Waals surface area contributed by atoms with Gasteiger partial charge in [0.1, 0.15) is 0 Å². The average Bonchev–Trinajstić information content (AvgIpc) is 2.36. The molecule has 0 spiro atoms. The van der Waals surface area contributed by atoms with Crippen molar-refractivity contribution in [3.05, 3.63) is 42.7 Å². The lowest BCUT2D eigenvalue weighted by molar-refractivity contribution is 0.387. The van der Waals surface area contributed by atoms with Gasteiger partial charge in [0.15, 0.2) is 0 Å². The van der Waals surface area contributed by atoms with Gasteiger partial charge >= 0.3 is 7.60 Å². The summed E-state index contributed by atoms with van der Waals surface area (Å²) in [5.41, 5.74) is 1.15. The third-order valence-electron chi connectivity index (χ3n) is 2.77. The highest BCUT2D eigenvalue weighted by Gasteiger charge is 2.21. The molecule has 5 nitrogen and oxygen atoms in total. The Hall–Kier alpha value is -1.81. The van der Waals surface area contributed by atoms with Crippen LogP contribution in [0.4, 0.5) is 0 Å². The van der Waals surface area contributed by atoms with Crippen molar-refractivity contribution in [2.75, 3.05) is 0 Å². The highest BCUT2D eigenvalue weighted by molar-refractivity contribution is 7.60. The first kappa shape index (κ1) is 11.3. The number of fused-ring (bicyclic) bond motifs is 3. The quantitative estimate of drug-likeness (QED) is 0.512. The molecule has 0 saturated heterocycles. The Morgan fingerprint density at radius 3 is 2.50 bits per heavy atom. The monoisotopic (exact) mass is 260 g/mol. The number of nitrogens with zero attached hydrogens (tertiary/aromatic N) is 2. The van der Waals surface area contributed by atoms with E-state index < -0.39 is 7.60 Å². The van der Waals surface area contributed by atoms with Gasteiger partial charge in [0, 0.05) is 23.2 Å². The van der Waals surface area contributed by atoms with Gasteiger partial charge in [-0.05, 0) is 12.1 Å². The summed E-state index contributed by atoms with van der Waals surface area (Å²) in [6, 6.07) is 8.48. The molecule has 0 amide bonds. The van der Waals surface area contributed by atoms with Gasteiger partial charge in [0.25, 0.3) is 0 Å². The molecule has 3 aromatic rings. The molecule has 0 radical (unpaired) electrons. The number of hydrogen-bond acceptors (Lipinski definition) is 3. The van der Waals surface area contributed by atoms with Crippen LogP contribution in [0.1, 0.15) is 0 Å². The zero-order valence-electron chi connectivity index (χ0n) is 9.19. The molecule has 0 atom stereocenters. The van der Waals surface area contributed by atoms with E-state index in [-0.39, 0.29) is 5.30 Å². The maximum Gasteiger partial charge on any atom is 0.356 e. The highest BCUT2D eigenvalue weighted by Crippen LogP contribution is 2.36. The fourth-order valence-corrected chi connectivity index (χ4v) is 2.75. The summed E-state index contributed by atoms with van der Waals surface area (Å²) in [6.45, 7) is 0. The van der Waals surface area contributed by atoms with E-state index in [4.69, 9.17) is 0 Å². The minimum absolute atomic E-state index is 0.0138. The Morgan fingerprint density at radius 1 is 0.944 bits per heavy atom. The summed E-state index contributed by atoms with van der Waals surface area (Å²) in [7, 11) is -4.31. The number of benzene rings is 1. The average molecular weight is 260 g/mol. The van der Waals surface area contributed by atoms with Crippen molar-refractivity contribution in [2.45, 2.75) is 0 Å². The second kappa shape index (κ2) is 3.85. The molecule has 0 aliphatic rings. The van der Waals surface area contributed by atoms with Gasteiger partial charge in [0.05, 0.1) is 16.3 Å². The molecule has 0 aliphatic heterocycles. The molecule has 6 heteroatoms. The van der Waals surface area contributed by atoms with Crippen molar-refractivity contribution < 1.29 is 14.4 Å². The van der Waals surface area contributed by atoms with Crippen LogP contribution >= 0.6 is 7.60 Å². The predicted octanol–water partition coefficient (Wildman–Crippen LogP) is 1.59. The summed E-state index contributed by atoms with van der Waals surface area (Å²) in [5.74, 6) is 0. The van der Waals surface area contributed by atoms with Crippen molar-refractivity contribution in [2.24, 2.45) is 0 Å². The van der Waals surface area contributed by atoms with E-state index in [1.165, 1.54) is 12.3 Å². The van der Waals surface area contributed by atoms with Crippen LogP contribution in [0, 0.1) is 0 Å². The van der Waals surface area contributed by atoms with Crippen LogP contribution in [0.15, 0.2) is 42.7 Å². The molecule has 18 heavy (non-hydrogen) atoms. The number of rotatable bonds is 1. The standard InChI is InChI=1S/C12H9N2O3P/c15-18(16,17)10-5-7-14-12-9(10)4-3-8-2-1-6-13-11(8)12/h1-7H,(H2,15,16,17). The Balaban J connectivity index is 2.52. The Bertz CT molecular complexity index is 798. The molecule has 1 aromatic carbocycles. The highest BCUT2D eigenvalue weighted by atomic mass is 31.2. The number of aromatic nitrogens is 2. The maximum absolute atomic E-state index is 11.4. The van der Waals surface area contributed by atoms with Crippen molar-refractivity contribution >= 4 is 34.7 Å². The third kappa shape index (κ3) is 1.69. The molecule has 0 fully saturated rings. The normalized spacial score (nSPS) is 12.1. The van der Waals surface area contributed by atoms with Crippen molar-refractivity contribution in [3.63, 3.8) is 0 Å². The molecule has 2 heterocycles. The molecule has 2 aromatic heterocycles. The zero-order chi connectivity index (χ0) is 12.8. The van der Waals surface area contributed by atoms with Crippen molar-refractivity contribution in [1.82, 2.24) is 9.97 Å². The van der Waals surface area contributed by atoms with Gasteiger partial charge in [-0.15, -0.1) is 0 Å². The van der Waals surface area contributed by atoms with Crippen molar-refractivity contribution in [3.8, 4) is 0 Å². The largest absolute Gasteiger partial charge is 0.356 e. The van der Waals surface area contributed by atoms with Gasteiger partial charge in [-0.25, -0.2) is 0 Å². The fourth-order valence-electron chi connectivity index (χ4n) is 1.99. The Kier molecular flexibility index (Phi) is 2.41. The Labute approximate surface area is 102 Å². The van der Waals surface area contributed by atoms with Crippen LogP contribution in [0.3, 0.4) is 0 Å². The van der Waals surface area contributed by atoms with Crippen LogP contribution in [0.25, 0.3) is 21.8 Å². The van der Waals surface area contributed by atoms with Gasteiger partial charge in [-0.1, -0.05) is 18.2 Å². The second-order valence-corrected chi connectivity index (χ2v) is 5.48. The summed E-state index contributed by atoms with van der Waals surface area (Å²) in [6.07, 6.45) is 3.03. The van der Waals surface area contributed by atoms with Crippen LogP contribution < -0.4 is 5.30 Å². The van der Waals surface area contributed by atoms with E-state index in [0.717, 1.165) is 5.39 Å². The molecular formula is C12H9N2O3P. The predicted molar refractivity (Wildman–Crippen MR) is 68.7 cm³/mol. The van der Waals surface area contributed by atoms with E-state index in [9.17, 15) is 14.4 Å². The van der Waals surface area contributed by atoms with E-state index in [1.807, 2.05) is 6.07 Å². The van der Waals surface area contributed by atoms with Crippen LogP contribution in [0.2, 0.25) is 0 Å². The first-order chi connectivity index (χ1) is 8.57. The Morgan fingerprint density at radius 2 is 1.72 bits per heavy atom. The van der Waals surface area contributed by atoms with Crippen molar-refractivity contribution in [1.29, 1.82) is 0 Å². The number of pyridine rings is 2. The smallest absolute Gasteiger partial charge is 0.321 e. The van der Waals surface area contributed by atoms with Crippen LogP contribution in [0.5, 0.6) is 0 Å². The summed E-state index contributed by atoms with van der Waals surface area (Å²) >= 11 is 0. The topological polar surface area (TPSA) is 83.3 Å². The maximum atomic E-state index is 11.4. The lowest BCUT2D eigenvalue weighted by Crippen LogP contribution is -2.06. The lowest BCUT2D eigenvalue weighted by atomic mass is 10.1. The third-order valence-corrected chi connectivity index (χ3v) is 3.79. The molecule has 90 valence electrons. The van der Waals surface area contributed by atoms with Gasteiger partial charge in [-0.2, -0.15) is 0 Å². The van der Waals surface area contributed by atoms with E-state index in [0.29, 0.717) is 16.4 Å². The van der Waals surface area contributed by atoms with E-state index in [1.54, 1.807) is 24.4 Å². The minimum Gasteiger partial charge on any atom is -0.321 e. The van der Waals surface area contributed by atoms with Crippen LogP contribution in [-0.4, -0.2) is 19.8 Å². The van der Waals surface area contributed by atoms with Gasteiger partial charge in [-0.3, -0.25) is 14.5 Å². The van der Waals surface area contributed by atoms with E-state index in [2.05, 4.69) is 9.97 Å². The first-order valence-electron chi connectivity index (χ1n) is 5.26. The summed E-state index contributed by atoms with van der Waals surface area (Å²) < 4.78 is 11.4. The van der Waals surface area contributed by atoms with E-state index >= 15 is 0 Å². The van der Waals surface area contributed by atoms with Gasteiger partial charge < -0.3 is 9.79 Å². The van der Waals surface area contributed by atoms with Gasteiger partial charge in [0.2, 0.25) is 0 Å². The molecular weight excluding hydrogens is 251 g/mol. The first-order valence-corrected chi connectivity index (χ1v) is 6.87. The number of hydrogen-bond donors (Lipinski definition) is 2. The van der Waals surface area contributed by atoms with Crippen LogP contribution in [-0.2, 0) is 4.57 Å². The summed E-state index contributed by atoms with van der Waals surface area (Å²) in [5, 5.41) is 1.32. The summed E-state index contributed by atoms with van der Waals surface area (Å²) in [4.78, 5) is 27.0. The zero-order valence-corrected chi connectivity index (χ0v) is 10.1. The molecule has 0 bridgehead atoms. The molecule has 0 aliphatic carbocycles. The lowest BCUT2D eigenvalue weighted by Gasteiger charge is -2.08. The molecule has 3 rings (SSSR count). The second-order valence-electron chi connectivity index (χ2n) is 3.91. The molecule has 0 unspecified atom stereocenters. The SMILES string of the molecule is O=P(O)(O)c1ccnc2c1ccc1cccnc12. The molecule has 2 N–H and O–H groups in total. The minimum atomic E-state index is -4.31.